The fraction of sp³-hybridized carbons (Fsp3) is 0.500. The van der Waals surface area contributed by atoms with Gasteiger partial charge in [0.1, 0.15) is 5.82 Å². The second-order valence-corrected chi connectivity index (χ2v) is 5.93. The second-order valence-electron chi connectivity index (χ2n) is 5.93. The van der Waals surface area contributed by atoms with Crippen molar-refractivity contribution in [1.29, 1.82) is 0 Å². The number of aliphatic hydroxyl groups excluding tert-OH is 1. The third-order valence-corrected chi connectivity index (χ3v) is 4.36. The van der Waals surface area contributed by atoms with E-state index in [0.29, 0.717) is 12.5 Å². The first kappa shape index (κ1) is 14.2. The fourth-order valence-electron chi connectivity index (χ4n) is 2.80. The molecule has 1 aromatic heterocycles. The SMILES string of the molecule is CC1CCN(Cc2nnc(-c3ccccc3)n2C)CC1O. The van der Waals surface area contributed by atoms with E-state index >= 15 is 0 Å². The normalized spacial score (nSPS) is 23.4. The molecule has 2 heterocycles. The first-order chi connectivity index (χ1) is 10.1. The smallest absolute Gasteiger partial charge is 0.163 e. The number of β-amino-alcohol motifs (C(OH)–C–C–N with tert-alkyl or cyclic N) is 1. The van der Waals surface area contributed by atoms with Gasteiger partial charge in [0.05, 0.1) is 12.6 Å². The van der Waals surface area contributed by atoms with Crippen molar-refractivity contribution < 1.29 is 5.11 Å². The molecular formula is C16H22N4O. The van der Waals surface area contributed by atoms with Crippen LogP contribution < -0.4 is 0 Å². The zero-order valence-electron chi connectivity index (χ0n) is 12.6. The molecule has 0 bridgehead atoms. The highest BCUT2D eigenvalue weighted by Gasteiger charge is 2.25. The van der Waals surface area contributed by atoms with Crippen molar-refractivity contribution in [1.82, 2.24) is 19.7 Å². The lowest BCUT2D eigenvalue weighted by molar-refractivity contribution is 0.0245. The summed E-state index contributed by atoms with van der Waals surface area (Å²) < 4.78 is 2.04. The lowest BCUT2D eigenvalue weighted by Gasteiger charge is -2.33. The molecule has 112 valence electrons. The van der Waals surface area contributed by atoms with Gasteiger partial charge in [0, 0.05) is 19.2 Å². The van der Waals surface area contributed by atoms with Crippen LogP contribution in [0, 0.1) is 5.92 Å². The van der Waals surface area contributed by atoms with E-state index in [0.717, 1.165) is 36.7 Å². The fourth-order valence-corrected chi connectivity index (χ4v) is 2.80. The maximum atomic E-state index is 9.99. The van der Waals surface area contributed by atoms with Crippen molar-refractivity contribution in [3.63, 3.8) is 0 Å². The van der Waals surface area contributed by atoms with Gasteiger partial charge < -0.3 is 9.67 Å². The monoisotopic (exact) mass is 286 g/mol. The van der Waals surface area contributed by atoms with Crippen molar-refractivity contribution in [2.24, 2.45) is 13.0 Å². The quantitative estimate of drug-likeness (QED) is 0.933. The van der Waals surface area contributed by atoms with Crippen LogP contribution in [0.2, 0.25) is 0 Å². The Labute approximate surface area is 125 Å². The first-order valence-corrected chi connectivity index (χ1v) is 7.49. The number of aromatic nitrogens is 3. The molecule has 1 N–H and O–H groups in total. The minimum absolute atomic E-state index is 0.236. The number of hydrogen-bond donors (Lipinski definition) is 1. The molecule has 0 aliphatic carbocycles. The predicted octanol–water partition coefficient (Wildman–Crippen LogP) is 1.68. The molecule has 3 rings (SSSR count). The Balaban J connectivity index is 1.74. The van der Waals surface area contributed by atoms with Gasteiger partial charge >= 0.3 is 0 Å². The van der Waals surface area contributed by atoms with Gasteiger partial charge in [-0.25, -0.2) is 0 Å². The van der Waals surface area contributed by atoms with E-state index in [2.05, 4.69) is 22.0 Å². The van der Waals surface area contributed by atoms with Gasteiger partial charge in [-0.05, 0) is 18.9 Å². The molecule has 1 aliphatic heterocycles. The van der Waals surface area contributed by atoms with Crippen LogP contribution in [0.25, 0.3) is 11.4 Å². The molecule has 1 saturated heterocycles. The van der Waals surface area contributed by atoms with Crippen LogP contribution in [0.4, 0.5) is 0 Å². The number of piperidine rings is 1. The Morgan fingerprint density at radius 1 is 1.24 bits per heavy atom. The van der Waals surface area contributed by atoms with Crippen LogP contribution in [-0.2, 0) is 13.6 Å². The Kier molecular flexibility index (Phi) is 4.03. The van der Waals surface area contributed by atoms with Crippen molar-refractivity contribution >= 4 is 0 Å². The van der Waals surface area contributed by atoms with Gasteiger partial charge in [-0.15, -0.1) is 10.2 Å². The van der Waals surface area contributed by atoms with Crippen molar-refractivity contribution in [3.8, 4) is 11.4 Å². The summed E-state index contributed by atoms with van der Waals surface area (Å²) in [4.78, 5) is 2.25. The number of rotatable bonds is 3. The predicted molar refractivity (Wildman–Crippen MR) is 81.5 cm³/mol. The molecule has 5 nitrogen and oxygen atoms in total. The summed E-state index contributed by atoms with van der Waals surface area (Å²) in [5.41, 5.74) is 1.08. The van der Waals surface area contributed by atoms with Gasteiger partial charge in [0.2, 0.25) is 0 Å². The first-order valence-electron chi connectivity index (χ1n) is 7.49. The van der Waals surface area contributed by atoms with Crippen LogP contribution in [0.15, 0.2) is 30.3 Å². The average molecular weight is 286 g/mol. The molecule has 0 spiro atoms. The van der Waals surface area contributed by atoms with Crippen molar-refractivity contribution in [2.75, 3.05) is 13.1 Å². The molecule has 1 aliphatic rings. The number of benzene rings is 1. The minimum atomic E-state index is -0.236. The maximum absolute atomic E-state index is 9.99. The largest absolute Gasteiger partial charge is 0.392 e. The van der Waals surface area contributed by atoms with Crippen LogP contribution in [0.1, 0.15) is 19.2 Å². The van der Waals surface area contributed by atoms with E-state index in [9.17, 15) is 5.11 Å². The van der Waals surface area contributed by atoms with E-state index in [1.165, 1.54) is 0 Å². The third kappa shape index (κ3) is 2.99. The topological polar surface area (TPSA) is 54.2 Å². The van der Waals surface area contributed by atoms with E-state index in [4.69, 9.17) is 0 Å². The molecule has 5 heteroatoms. The Morgan fingerprint density at radius 2 is 2.00 bits per heavy atom. The summed E-state index contributed by atoms with van der Waals surface area (Å²) in [7, 11) is 2.00. The zero-order chi connectivity index (χ0) is 14.8. The summed E-state index contributed by atoms with van der Waals surface area (Å²) in [5, 5.41) is 18.6. The van der Waals surface area contributed by atoms with E-state index < -0.39 is 0 Å². The van der Waals surface area contributed by atoms with Crippen LogP contribution in [0.3, 0.4) is 0 Å². The van der Waals surface area contributed by atoms with Crippen molar-refractivity contribution in [3.05, 3.63) is 36.2 Å². The molecular weight excluding hydrogens is 264 g/mol. The highest BCUT2D eigenvalue weighted by molar-refractivity contribution is 5.54. The van der Waals surface area contributed by atoms with E-state index in [1.807, 2.05) is 41.9 Å². The molecule has 1 fully saturated rings. The molecule has 0 radical (unpaired) electrons. The standard InChI is InChI=1S/C16H22N4O/c1-12-8-9-20(10-14(12)21)11-15-17-18-16(19(15)2)13-6-4-3-5-7-13/h3-7,12,14,21H,8-11H2,1-2H3. The number of aliphatic hydroxyl groups is 1. The van der Waals surface area contributed by atoms with Gasteiger partial charge in [0.25, 0.3) is 0 Å². The summed E-state index contributed by atoms with van der Waals surface area (Å²) in [6.45, 7) is 4.57. The molecule has 1 aromatic carbocycles. The van der Waals surface area contributed by atoms with Gasteiger partial charge in [-0.2, -0.15) is 0 Å². The van der Waals surface area contributed by atoms with Crippen LogP contribution in [-0.4, -0.2) is 44.0 Å². The van der Waals surface area contributed by atoms with Gasteiger partial charge in [0.15, 0.2) is 5.82 Å². The summed E-state index contributed by atoms with van der Waals surface area (Å²) in [6.07, 6.45) is 0.797. The molecule has 21 heavy (non-hydrogen) atoms. The second kappa shape index (κ2) is 5.95. The molecule has 0 amide bonds. The van der Waals surface area contributed by atoms with Crippen LogP contribution >= 0.6 is 0 Å². The minimum Gasteiger partial charge on any atom is -0.392 e. The highest BCUT2D eigenvalue weighted by Crippen LogP contribution is 2.20. The molecule has 2 aromatic rings. The van der Waals surface area contributed by atoms with E-state index in [1.54, 1.807) is 0 Å². The van der Waals surface area contributed by atoms with Crippen molar-refractivity contribution in [2.45, 2.75) is 26.0 Å². The summed E-state index contributed by atoms with van der Waals surface area (Å²) in [6, 6.07) is 10.1. The van der Waals surface area contributed by atoms with Crippen LogP contribution in [0.5, 0.6) is 0 Å². The molecule has 2 unspecified atom stereocenters. The number of likely N-dealkylation sites (tertiary alicyclic amines) is 1. The van der Waals surface area contributed by atoms with E-state index in [-0.39, 0.29) is 6.10 Å². The number of nitrogens with zero attached hydrogens (tertiary/aromatic N) is 4. The average Bonchev–Trinajstić information content (AvgIpc) is 2.85. The molecule has 0 saturated carbocycles. The Hall–Kier alpha value is -1.72. The third-order valence-electron chi connectivity index (χ3n) is 4.36. The lowest BCUT2D eigenvalue weighted by atomic mass is 9.96. The molecule has 2 atom stereocenters. The maximum Gasteiger partial charge on any atom is 0.163 e. The highest BCUT2D eigenvalue weighted by atomic mass is 16.3. The Bertz CT molecular complexity index is 596. The van der Waals surface area contributed by atoms with Gasteiger partial charge in [-0.3, -0.25) is 4.90 Å². The Morgan fingerprint density at radius 3 is 2.71 bits per heavy atom. The lowest BCUT2D eigenvalue weighted by Crippen LogP contribution is -2.42. The number of hydrogen-bond acceptors (Lipinski definition) is 4. The van der Waals surface area contributed by atoms with Gasteiger partial charge in [-0.1, -0.05) is 37.3 Å². The summed E-state index contributed by atoms with van der Waals surface area (Å²) in [5.74, 6) is 2.22. The summed E-state index contributed by atoms with van der Waals surface area (Å²) >= 11 is 0. The zero-order valence-corrected chi connectivity index (χ0v) is 12.6.